The van der Waals surface area contributed by atoms with Crippen molar-refractivity contribution in [2.24, 2.45) is 17.3 Å². The number of nitrogens with zero attached hydrogens (tertiary/aromatic N) is 2. The number of nitrogens with one attached hydrogen (secondary N) is 1. The molecule has 210 valence electrons. The van der Waals surface area contributed by atoms with Crippen molar-refractivity contribution in [2.75, 3.05) is 19.8 Å². The smallest absolute Gasteiger partial charge is 0.186 e. The average molecular weight is 524 g/mol. The lowest BCUT2D eigenvalue weighted by molar-refractivity contribution is -0.439. The molecular weight excluding hydrogens is 478 g/mol. The minimum absolute atomic E-state index is 0.116. The van der Waals surface area contributed by atoms with E-state index >= 15 is 0 Å². The first-order valence-electron chi connectivity index (χ1n) is 13.6. The van der Waals surface area contributed by atoms with E-state index < -0.39 is 48.3 Å². The van der Waals surface area contributed by atoms with Crippen LogP contribution in [-0.4, -0.2) is 86.3 Å². The third kappa shape index (κ3) is 6.67. The summed E-state index contributed by atoms with van der Waals surface area (Å²) in [6.07, 6.45) is 2.73. The van der Waals surface area contributed by atoms with Crippen LogP contribution >= 0.6 is 0 Å². The summed E-state index contributed by atoms with van der Waals surface area (Å²) in [6.45, 7) is 9.79. The van der Waals surface area contributed by atoms with Crippen LogP contribution < -0.4 is 5.32 Å². The molecular formula is C27H45N3O7. The summed E-state index contributed by atoms with van der Waals surface area (Å²) in [7, 11) is 0. The Kier molecular flexibility index (Phi) is 8.92. The zero-order valence-corrected chi connectivity index (χ0v) is 22.6. The lowest BCUT2D eigenvalue weighted by Crippen LogP contribution is -2.63. The molecule has 7 atom stereocenters. The molecule has 37 heavy (non-hydrogen) atoms. The summed E-state index contributed by atoms with van der Waals surface area (Å²) in [6, 6.07) is 4.64. The first kappa shape index (κ1) is 28.8. The van der Waals surface area contributed by atoms with Gasteiger partial charge in [0.2, 0.25) is 0 Å². The van der Waals surface area contributed by atoms with Gasteiger partial charge in [0.25, 0.3) is 0 Å². The topological polar surface area (TPSA) is 146 Å². The van der Waals surface area contributed by atoms with Gasteiger partial charge < -0.3 is 40.0 Å². The van der Waals surface area contributed by atoms with Crippen LogP contribution in [0.3, 0.4) is 0 Å². The highest BCUT2D eigenvalue weighted by Crippen LogP contribution is 2.53. The number of ether oxygens (including phenoxy) is 3. The fourth-order valence-corrected chi connectivity index (χ4v) is 6.21. The van der Waals surface area contributed by atoms with Crippen LogP contribution in [0.5, 0.6) is 0 Å². The van der Waals surface area contributed by atoms with Crippen LogP contribution in [0.4, 0.5) is 0 Å². The number of hydrogen-bond donors (Lipinski definition) is 5. The maximum Gasteiger partial charge on any atom is 0.186 e. The minimum atomic E-state index is -1.75. The predicted molar refractivity (Wildman–Crippen MR) is 135 cm³/mol. The standard InChI is InChI=1S/C27H45N3O7/c1-25(2,11-13-35-24-21-23(33)22(32)20(14-31)27(21,34)37-24)16-26(3,4)36-15-19-10-9-18(29-30-19)8-7-17-6-5-12-28-17/h9-10,17,20-24,28,31-34H,5-8,11-16H2,1-4H3. The van der Waals surface area contributed by atoms with Crippen LogP contribution in [0.2, 0.25) is 0 Å². The maximum absolute atomic E-state index is 10.6. The molecule has 0 radical (unpaired) electrons. The summed E-state index contributed by atoms with van der Waals surface area (Å²) in [5.41, 5.74) is 1.31. The van der Waals surface area contributed by atoms with Gasteiger partial charge in [-0.05, 0) is 76.5 Å². The van der Waals surface area contributed by atoms with Crippen LogP contribution in [0.25, 0.3) is 0 Å². The molecule has 1 aliphatic carbocycles. The van der Waals surface area contributed by atoms with Gasteiger partial charge >= 0.3 is 0 Å². The number of rotatable bonds is 13. The van der Waals surface area contributed by atoms with Crippen molar-refractivity contribution in [1.82, 2.24) is 15.5 Å². The van der Waals surface area contributed by atoms with E-state index in [9.17, 15) is 20.4 Å². The third-order valence-corrected chi connectivity index (χ3v) is 8.20. The average Bonchev–Trinajstić information content (AvgIpc) is 3.39. The van der Waals surface area contributed by atoms with Gasteiger partial charge in [0, 0.05) is 6.04 Å². The van der Waals surface area contributed by atoms with Gasteiger partial charge in [-0.3, -0.25) is 0 Å². The summed E-state index contributed by atoms with van der Waals surface area (Å²) >= 11 is 0. The molecule has 0 spiro atoms. The van der Waals surface area contributed by atoms with Crippen LogP contribution in [0, 0.1) is 17.3 Å². The van der Waals surface area contributed by atoms with Gasteiger partial charge in [0.15, 0.2) is 12.1 Å². The first-order chi connectivity index (χ1) is 17.4. The van der Waals surface area contributed by atoms with Crippen LogP contribution in [0.1, 0.15) is 71.2 Å². The Morgan fingerprint density at radius 3 is 2.51 bits per heavy atom. The van der Waals surface area contributed by atoms with E-state index in [4.69, 9.17) is 14.2 Å². The van der Waals surface area contributed by atoms with E-state index in [1.165, 1.54) is 12.8 Å². The second-order valence-electron chi connectivity index (χ2n) is 12.4. The Labute approximate surface area is 219 Å². The fourth-order valence-electron chi connectivity index (χ4n) is 6.21. The molecule has 2 aliphatic heterocycles. The van der Waals surface area contributed by atoms with Crippen molar-refractivity contribution < 1.29 is 34.6 Å². The molecule has 5 N–H and O–H groups in total. The predicted octanol–water partition coefficient (Wildman–Crippen LogP) is 1.28. The van der Waals surface area contributed by atoms with E-state index in [0.29, 0.717) is 25.7 Å². The van der Waals surface area contributed by atoms with Crippen molar-refractivity contribution in [3.05, 3.63) is 23.5 Å². The van der Waals surface area contributed by atoms with E-state index in [1.807, 2.05) is 12.1 Å². The number of aliphatic hydroxyl groups is 4. The van der Waals surface area contributed by atoms with Gasteiger partial charge in [0.1, 0.15) is 0 Å². The zero-order valence-electron chi connectivity index (χ0n) is 22.6. The highest BCUT2D eigenvalue weighted by Gasteiger charge is 2.71. The Morgan fingerprint density at radius 1 is 1.14 bits per heavy atom. The molecule has 1 saturated carbocycles. The second kappa shape index (κ2) is 11.5. The zero-order chi connectivity index (χ0) is 26.8. The third-order valence-electron chi connectivity index (χ3n) is 8.20. The summed E-state index contributed by atoms with van der Waals surface area (Å²) < 4.78 is 17.5. The molecule has 2 saturated heterocycles. The van der Waals surface area contributed by atoms with Gasteiger partial charge in [0.05, 0.1) is 60.9 Å². The SMILES string of the molecule is CC(C)(CCOC1OC2(O)C(CO)C(O)C(O)C12)CC(C)(C)OCc1ccc(CCC2CCCN2)nn1. The van der Waals surface area contributed by atoms with Crippen LogP contribution in [0.15, 0.2) is 12.1 Å². The molecule has 4 rings (SSSR count). The van der Waals surface area contributed by atoms with E-state index in [0.717, 1.165) is 37.2 Å². The van der Waals surface area contributed by atoms with Crippen molar-refractivity contribution in [1.29, 1.82) is 0 Å². The minimum Gasteiger partial charge on any atom is -0.396 e. The Bertz CT molecular complexity index is 877. The Morgan fingerprint density at radius 2 is 1.86 bits per heavy atom. The fraction of sp³-hybridized carbons (Fsp3) is 0.852. The monoisotopic (exact) mass is 523 g/mol. The number of aliphatic hydroxyl groups excluding tert-OH is 3. The molecule has 0 bridgehead atoms. The van der Waals surface area contributed by atoms with Crippen molar-refractivity contribution in [2.45, 2.75) is 109 Å². The number of aromatic nitrogens is 2. The molecule has 1 aromatic rings. The Hall–Kier alpha value is -1.24. The molecule has 3 heterocycles. The van der Waals surface area contributed by atoms with Gasteiger partial charge in [-0.2, -0.15) is 10.2 Å². The quantitative estimate of drug-likeness (QED) is 0.256. The van der Waals surface area contributed by atoms with Gasteiger partial charge in [-0.15, -0.1) is 0 Å². The first-order valence-corrected chi connectivity index (χ1v) is 13.6. The molecule has 3 fully saturated rings. The maximum atomic E-state index is 10.6. The van der Waals surface area contributed by atoms with Crippen molar-refractivity contribution in [3.63, 3.8) is 0 Å². The normalized spacial score (nSPS) is 33.9. The summed E-state index contributed by atoms with van der Waals surface area (Å²) in [5, 5.41) is 52.6. The van der Waals surface area contributed by atoms with Crippen molar-refractivity contribution >= 4 is 0 Å². The Balaban J connectivity index is 1.18. The molecule has 3 aliphatic rings. The summed E-state index contributed by atoms with van der Waals surface area (Å²) in [5.74, 6) is -3.48. The van der Waals surface area contributed by atoms with E-state index in [2.05, 4.69) is 43.2 Å². The molecule has 10 nitrogen and oxygen atoms in total. The molecule has 0 amide bonds. The largest absolute Gasteiger partial charge is 0.396 e. The molecule has 7 unspecified atom stereocenters. The number of fused-ring (bicyclic) bond motifs is 1. The van der Waals surface area contributed by atoms with Gasteiger partial charge in [-0.1, -0.05) is 13.8 Å². The summed E-state index contributed by atoms with van der Waals surface area (Å²) in [4.78, 5) is 0. The van der Waals surface area contributed by atoms with E-state index in [1.54, 1.807) is 0 Å². The lowest BCUT2D eigenvalue weighted by atomic mass is 9.79. The number of hydrogen-bond acceptors (Lipinski definition) is 10. The molecule has 1 aromatic heterocycles. The number of aryl methyl sites for hydroxylation is 1. The van der Waals surface area contributed by atoms with E-state index in [-0.39, 0.29) is 5.41 Å². The second-order valence-corrected chi connectivity index (χ2v) is 12.4. The highest BCUT2D eigenvalue weighted by atomic mass is 16.8. The molecule has 10 heteroatoms. The van der Waals surface area contributed by atoms with Crippen molar-refractivity contribution in [3.8, 4) is 0 Å². The van der Waals surface area contributed by atoms with Crippen LogP contribution in [-0.2, 0) is 27.2 Å². The highest BCUT2D eigenvalue weighted by molar-refractivity contribution is 5.10. The van der Waals surface area contributed by atoms with Gasteiger partial charge in [-0.25, -0.2) is 0 Å². The molecule has 0 aromatic carbocycles. The lowest BCUT2D eigenvalue weighted by Gasteiger charge is -2.49.